The van der Waals surface area contributed by atoms with E-state index in [-0.39, 0.29) is 6.61 Å². The van der Waals surface area contributed by atoms with Gasteiger partial charge in [-0.3, -0.25) is 4.79 Å². The fraction of sp³-hybridized carbons (Fsp3) is 0.875. The minimum atomic E-state index is -3.43. The number of esters is 1. The lowest BCUT2D eigenvalue weighted by Crippen LogP contribution is -2.39. The van der Waals surface area contributed by atoms with Crippen molar-refractivity contribution in [1.82, 2.24) is 4.31 Å². The van der Waals surface area contributed by atoms with Gasteiger partial charge in [0.2, 0.25) is 10.0 Å². The predicted molar refractivity (Wildman–Crippen MR) is 49.1 cm³/mol. The summed E-state index contributed by atoms with van der Waals surface area (Å²) < 4.78 is 29.8. The Balaban J connectivity index is 2.18. The molecule has 2 rings (SSSR count). The van der Waals surface area contributed by atoms with Gasteiger partial charge >= 0.3 is 5.97 Å². The molecule has 0 radical (unpaired) electrons. The van der Waals surface area contributed by atoms with E-state index >= 15 is 0 Å². The average Bonchev–Trinajstić information content (AvgIpc) is 2.72. The molecule has 2 aliphatic rings. The van der Waals surface area contributed by atoms with Gasteiger partial charge in [0.25, 0.3) is 0 Å². The Morgan fingerprint density at radius 1 is 1.29 bits per heavy atom. The lowest BCUT2D eigenvalue weighted by Gasteiger charge is -2.17. The number of cyclic esters (lactones) is 1. The molecule has 1 unspecified atom stereocenters. The van der Waals surface area contributed by atoms with Crippen molar-refractivity contribution in [1.29, 1.82) is 0 Å². The summed E-state index contributed by atoms with van der Waals surface area (Å²) in [4.78, 5) is 11.1. The van der Waals surface area contributed by atoms with Crippen LogP contribution in [0.3, 0.4) is 0 Å². The number of carbonyl (C=O) groups excluding carboxylic acids is 1. The molecule has 0 aliphatic carbocycles. The van der Waals surface area contributed by atoms with Crippen LogP contribution >= 0.6 is 0 Å². The summed E-state index contributed by atoms with van der Waals surface area (Å²) in [6, 6.07) is 0. The second-order valence-corrected chi connectivity index (χ2v) is 5.71. The molecule has 2 saturated heterocycles. The van der Waals surface area contributed by atoms with E-state index in [4.69, 9.17) is 0 Å². The van der Waals surface area contributed by atoms with Crippen LogP contribution in [-0.2, 0) is 19.6 Å². The number of hydrogen-bond donors (Lipinski definition) is 0. The van der Waals surface area contributed by atoms with Gasteiger partial charge in [0, 0.05) is 19.5 Å². The lowest BCUT2D eigenvalue weighted by atomic mass is 10.4. The van der Waals surface area contributed by atoms with Gasteiger partial charge in [-0.05, 0) is 12.8 Å². The predicted octanol–water partition coefficient (Wildman–Crippen LogP) is -0.272. The highest BCUT2D eigenvalue weighted by Gasteiger charge is 2.42. The zero-order chi connectivity index (χ0) is 10.2. The minimum Gasteiger partial charge on any atom is -0.465 e. The van der Waals surface area contributed by atoms with Gasteiger partial charge in [-0.1, -0.05) is 0 Å². The molecule has 80 valence electrons. The Morgan fingerprint density at radius 3 is 2.43 bits per heavy atom. The quantitative estimate of drug-likeness (QED) is 0.600. The molecule has 0 spiro atoms. The number of ether oxygens (including phenoxy) is 1. The number of rotatable bonds is 2. The van der Waals surface area contributed by atoms with Gasteiger partial charge < -0.3 is 4.74 Å². The standard InChI is InChI=1S/C8H13NO4S/c10-8-7(3-6-13-8)14(11,12)9-4-1-2-5-9/h7H,1-6H2. The molecule has 0 aromatic rings. The van der Waals surface area contributed by atoms with Crippen molar-refractivity contribution in [3.8, 4) is 0 Å². The SMILES string of the molecule is O=C1OCCC1S(=O)(=O)N1CCCC1. The van der Waals surface area contributed by atoms with Gasteiger partial charge in [-0.15, -0.1) is 0 Å². The number of nitrogens with zero attached hydrogens (tertiary/aromatic N) is 1. The number of hydrogen-bond acceptors (Lipinski definition) is 4. The van der Waals surface area contributed by atoms with E-state index in [9.17, 15) is 13.2 Å². The molecule has 0 N–H and O–H groups in total. The van der Waals surface area contributed by atoms with Crippen LogP contribution in [0.4, 0.5) is 0 Å². The van der Waals surface area contributed by atoms with Gasteiger partial charge in [0.05, 0.1) is 6.61 Å². The summed E-state index contributed by atoms with van der Waals surface area (Å²) >= 11 is 0. The van der Waals surface area contributed by atoms with Gasteiger partial charge in [0.1, 0.15) is 0 Å². The molecule has 5 nitrogen and oxygen atoms in total. The normalized spacial score (nSPS) is 29.4. The second kappa shape index (κ2) is 3.51. The first-order valence-corrected chi connectivity index (χ1v) is 6.28. The van der Waals surface area contributed by atoms with Crippen molar-refractivity contribution in [2.75, 3.05) is 19.7 Å². The van der Waals surface area contributed by atoms with Crippen LogP contribution in [-0.4, -0.2) is 43.6 Å². The van der Waals surface area contributed by atoms with Crippen LogP contribution in [0.25, 0.3) is 0 Å². The first-order chi connectivity index (χ1) is 6.62. The molecule has 2 fully saturated rings. The van der Waals surface area contributed by atoms with E-state index in [1.807, 2.05) is 0 Å². The van der Waals surface area contributed by atoms with E-state index in [1.165, 1.54) is 4.31 Å². The van der Waals surface area contributed by atoms with E-state index < -0.39 is 21.2 Å². The zero-order valence-electron chi connectivity index (χ0n) is 7.81. The fourth-order valence-corrected chi connectivity index (χ4v) is 3.70. The van der Waals surface area contributed by atoms with E-state index in [2.05, 4.69) is 4.74 Å². The Hall–Kier alpha value is -0.620. The maximum absolute atomic E-state index is 11.9. The third kappa shape index (κ3) is 1.52. The molecule has 14 heavy (non-hydrogen) atoms. The summed E-state index contributed by atoms with van der Waals surface area (Å²) in [6.07, 6.45) is 2.08. The van der Waals surface area contributed by atoms with E-state index in [0.29, 0.717) is 19.5 Å². The first-order valence-electron chi connectivity index (χ1n) is 4.78. The molecule has 2 aliphatic heterocycles. The Morgan fingerprint density at radius 2 is 1.93 bits per heavy atom. The smallest absolute Gasteiger partial charge is 0.325 e. The molecule has 0 saturated carbocycles. The summed E-state index contributed by atoms with van der Waals surface area (Å²) in [5, 5.41) is -0.944. The molecule has 0 aromatic carbocycles. The summed E-state index contributed by atoms with van der Waals surface area (Å²) in [7, 11) is -3.43. The summed E-state index contributed by atoms with van der Waals surface area (Å²) in [5.74, 6) is -0.586. The minimum absolute atomic E-state index is 0.233. The average molecular weight is 219 g/mol. The van der Waals surface area contributed by atoms with Gasteiger partial charge in [0.15, 0.2) is 5.25 Å². The van der Waals surface area contributed by atoms with Crippen LogP contribution in [0.1, 0.15) is 19.3 Å². The molecular weight excluding hydrogens is 206 g/mol. The molecule has 0 amide bonds. The highest BCUT2D eigenvalue weighted by Crippen LogP contribution is 2.22. The van der Waals surface area contributed by atoms with E-state index in [0.717, 1.165) is 12.8 Å². The van der Waals surface area contributed by atoms with Crippen molar-refractivity contribution in [2.24, 2.45) is 0 Å². The molecule has 6 heteroatoms. The highest BCUT2D eigenvalue weighted by atomic mass is 32.2. The van der Waals surface area contributed by atoms with Crippen molar-refractivity contribution < 1.29 is 17.9 Å². The topological polar surface area (TPSA) is 63.7 Å². The van der Waals surface area contributed by atoms with E-state index in [1.54, 1.807) is 0 Å². The third-order valence-electron chi connectivity index (χ3n) is 2.67. The van der Waals surface area contributed by atoms with Crippen LogP contribution in [0.2, 0.25) is 0 Å². The fourth-order valence-electron chi connectivity index (χ4n) is 1.87. The molecular formula is C8H13NO4S. The zero-order valence-corrected chi connectivity index (χ0v) is 8.62. The van der Waals surface area contributed by atoms with Crippen molar-refractivity contribution in [3.63, 3.8) is 0 Å². The van der Waals surface area contributed by atoms with Crippen molar-refractivity contribution >= 4 is 16.0 Å². The second-order valence-electron chi connectivity index (χ2n) is 3.60. The Labute approximate surface area is 83.1 Å². The Bertz CT molecular complexity index is 331. The Kier molecular flexibility index (Phi) is 2.48. The lowest BCUT2D eigenvalue weighted by molar-refractivity contribution is -0.137. The first kappa shape index (κ1) is 9.92. The molecule has 0 bridgehead atoms. The maximum Gasteiger partial charge on any atom is 0.325 e. The summed E-state index contributed by atoms with van der Waals surface area (Å²) in [6.45, 7) is 1.33. The third-order valence-corrected chi connectivity index (χ3v) is 4.90. The maximum atomic E-state index is 11.9. The van der Waals surface area contributed by atoms with Crippen LogP contribution in [0.5, 0.6) is 0 Å². The van der Waals surface area contributed by atoms with Crippen molar-refractivity contribution in [3.05, 3.63) is 0 Å². The van der Waals surface area contributed by atoms with Crippen LogP contribution in [0, 0.1) is 0 Å². The van der Waals surface area contributed by atoms with Crippen LogP contribution < -0.4 is 0 Å². The number of carbonyl (C=O) groups is 1. The van der Waals surface area contributed by atoms with Gasteiger partial charge in [-0.2, -0.15) is 0 Å². The van der Waals surface area contributed by atoms with Gasteiger partial charge in [-0.25, -0.2) is 12.7 Å². The highest BCUT2D eigenvalue weighted by molar-refractivity contribution is 7.90. The molecule has 2 heterocycles. The summed E-state index contributed by atoms with van der Waals surface area (Å²) in [5.41, 5.74) is 0. The largest absolute Gasteiger partial charge is 0.465 e. The molecule has 1 atom stereocenters. The monoisotopic (exact) mass is 219 g/mol. The van der Waals surface area contributed by atoms with Crippen molar-refractivity contribution in [2.45, 2.75) is 24.5 Å². The number of sulfonamides is 1. The van der Waals surface area contributed by atoms with Crippen LogP contribution in [0.15, 0.2) is 0 Å². The molecule has 0 aromatic heterocycles.